The average molecular weight is 452 g/mol. The molecule has 2 bridgehead atoms. The highest BCUT2D eigenvalue weighted by atomic mass is 16.2. The summed E-state index contributed by atoms with van der Waals surface area (Å²) in [6, 6.07) is 7.45. The number of benzene rings is 1. The zero-order chi connectivity index (χ0) is 22.5. The van der Waals surface area contributed by atoms with Gasteiger partial charge in [0.25, 0.3) is 5.91 Å². The molecule has 0 spiro atoms. The van der Waals surface area contributed by atoms with Crippen molar-refractivity contribution in [3.63, 3.8) is 0 Å². The van der Waals surface area contributed by atoms with Gasteiger partial charge in [-0.2, -0.15) is 0 Å². The summed E-state index contributed by atoms with van der Waals surface area (Å²) < 4.78 is 0. The molecule has 1 aromatic carbocycles. The molecule has 0 saturated carbocycles. The molecule has 0 aliphatic carbocycles. The van der Waals surface area contributed by atoms with E-state index in [1.165, 1.54) is 31.2 Å². The number of fused-ring (bicyclic) bond motifs is 3. The van der Waals surface area contributed by atoms with Gasteiger partial charge in [-0.15, -0.1) is 0 Å². The van der Waals surface area contributed by atoms with Crippen molar-refractivity contribution in [3.8, 4) is 0 Å². The number of hydrogen-bond acceptors (Lipinski definition) is 6. The first-order chi connectivity index (χ1) is 16.1. The highest BCUT2D eigenvalue weighted by molar-refractivity contribution is 6.05. The maximum absolute atomic E-state index is 13.1. The number of carbonyl (C=O) groups excluding carboxylic acids is 3. The first-order valence-corrected chi connectivity index (χ1v) is 12.5. The molecule has 3 atom stereocenters. The fraction of sp³-hybridized carbons (Fsp3) is 0.640. The van der Waals surface area contributed by atoms with Crippen LogP contribution >= 0.6 is 0 Å². The van der Waals surface area contributed by atoms with Gasteiger partial charge in [0.15, 0.2) is 0 Å². The van der Waals surface area contributed by atoms with E-state index in [-0.39, 0.29) is 24.1 Å². The Labute approximate surface area is 194 Å². The Morgan fingerprint density at radius 3 is 2.39 bits per heavy atom. The topological polar surface area (TPSA) is 85.0 Å². The van der Waals surface area contributed by atoms with Gasteiger partial charge in [-0.1, -0.05) is 12.1 Å². The minimum Gasteiger partial charge on any atom is -0.322 e. The molecule has 6 rings (SSSR count). The van der Waals surface area contributed by atoms with E-state index in [9.17, 15) is 14.4 Å². The number of likely N-dealkylation sites (tertiary alicyclic amines) is 1. The number of piperazine rings is 1. The lowest BCUT2D eigenvalue weighted by Crippen LogP contribution is -2.58. The van der Waals surface area contributed by atoms with Gasteiger partial charge < -0.3 is 10.2 Å². The van der Waals surface area contributed by atoms with E-state index in [0.29, 0.717) is 30.6 Å². The average Bonchev–Trinajstić information content (AvgIpc) is 3.29. The molecule has 4 fully saturated rings. The van der Waals surface area contributed by atoms with Crippen LogP contribution in [0.5, 0.6) is 0 Å². The first kappa shape index (κ1) is 21.3. The molecule has 5 heterocycles. The Bertz CT molecular complexity index is 961. The Morgan fingerprint density at radius 2 is 1.67 bits per heavy atom. The summed E-state index contributed by atoms with van der Waals surface area (Å²) in [5.74, 6) is -0.684. The van der Waals surface area contributed by atoms with Crippen molar-refractivity contribution in [2.45, 2.75) is 75.8 Å². The summed E-state index contributed by atoms with van der Waals surface area (Å²) in [5, 5.41) is 5.89. The summed E-state index contributed by atoms with van der Waals surface area (Å²) in [5.41, 5.74) is 2.97. The second kappa shape index (κ2) is 8.49. The first-order valence-electron chi connectivity index (χ1n) is 12.5. The Kier molecular flexibility index (Phi) is 5.47. The lowest BCUT2D eigenvalue weighted by atomic mass is 9.99. The number of carbonyl (C=O) groups is 3. The molecule has 1 aromatic rings. The Balaban J connectivity index is 1.16. The lowest BCUT2D eigenvalue weighted by molar-refractivity contribution is -0.136. The monoisotopic (exact) mass is 451 g/mol. The van der Waals surface area contributed by atoms with E-state index in [0.717, 1.165) is 44.3 Å². The predicted octanol–water partition coefficient (Wildman–Crippen LogP) is 0.848. The fourth-order valence-electron chi connectivity index (χ4n) is 6.89. The zero-order valence-corrected chi connectivity index (χ0v) is 19.1. The molecule has 5 aliphatic rings. The minimum absolute atomic E-state index is 0.0860. The summed E-state index contributed by atoms with van der Waals surface area (Å²) in [6.07, 6.45) is 5.80. The number of amides is 3. The normalized spacial score (nSPS) is 31.2. The van der Waals surface area contributed by atoms with Crippen molar-refractivity contribution >= 4 is 17.7 Å². The molecule has 3 unspecified atom stereocenters. The van der Waals surface area contributed by atoms with Crippen molar-refractivity contribution in [3.05, 3.63) is 34.9 Å². The van der Waals surface area contributed by atoms with Crippen molar-refractivity contribution in [2.24, 2.45) is 0 Å². The summed E-state index contributed by atoms with van der Waals surface area (Å²) in [7, 11) is 0. The third-order valence-electron chi connectivity index (χ3n) is 8.42. The van der Waals surface area contributed by atoms with Crippen LogP contribution in [0.25, 0.3) is 0 Å². The SMILES string of the molecule is O=C1CCC(N2Cc3c(CN4CC5CCC(C4)N5C4CCNCC4)cccc3C2=O)C(=O)N1. The predicted molar refractivity (Wildman–Crippen MR) is 122 cm³/mol. The van der Waals surface area contributed by atoms with Crippen LogP contribution in [0, 0.1) is 0 Å². The molecular weight excluding hydrogens is 418 g/mol. The van der Waals surface area contributed by atoms with Crippen LogP contribution < -0.4 is 10.6 Å². The summed E-state index contributed by atoms with van der Waals surface area (Å²) in [4.78, 5) is 44.1. The summed E-state index contributed by atoms with van der Waals surface area (Å²) >= 11 is 0. The van der Waals surface area contributed by atoms with Crippen LogP contribution in [0.2, 0.25) is 0 Å². The molecule has 0 aromatic heterocycles. The fourth-order valence-corrected chi connectivity index (χ4v) is 6.89. The molecule has 3 amide bonds. The van der Waals surface area contributed by atoms with Gasteiger partial charge in [0, 0.05) is 56.3 Å². The molecule has 33 heavy (non-hydrogen) atoms. The number of nitrogens with zero attached hydrogens (tertiary/aromatic N) is 3. The molecule has 2 N–H and O–H groups in total. The van der Waals surface area contributed by atoms with E-state index in [2.05, 4.69) is 26.5 Å². The Hall–Kier alpha value is -2.29. The lowest BCUT2D eigenvalue weighted by Gasteiger charge is -2.46. The van der Waals surface area contributed by atoms with Crippen LogP contribution in [-0.2, 0) is 22.7 Å². The second-order valence-corrected chi connectivity index (χ2v) is 10.4. The zero-order valence-electron chi connectivity index (χ0n) is 19.1. The van der Waals surface area contributed by atoms with Gasteiger partial charge in [0.1, 0.15) is 6.04 Å². The van der Waals surface area contributed by atoms with Crippen LogP contribution in [0.4, 0.5) is 0 Å². The highest BCUT2D eigenvalue weighted by Gasteiger charge is 2.44. The van der Waals surface area contributed by atoms with Gasteiger partial charge in [-0.25, -0.2) is 0 Å². The third-order valence-corrected chi connectivity index (χ3v) is 8.42. The van der Waals surface area contributed by atoms with E-state index in [1.54, 1.807) is 4.90 Å². The van der Waals surface area contributed by atoms with Gasteiger partial charge in [0.05, 0.1) is 0 Å². The van der Waals surface area contributed by atoms with Crippen LogP contribution in [0.1, 0.15) is 60.0 Å². The molecule has 5 aliphatic heterocycles. The van der Waals surface area contributed by atoms with Gasteiger partial charge >= 0.3 is 0 Å². The van der Waals surface area contributed by atoms with Crippen molar-refractivity contribution in [1.29, 1.82) is 0 Å². The quantitative estimate of drug-likeness (QED) is 0.661. The van der Waals surface area contributed by atoms with E-state index in [1.807, 2.05) is 12.1 Å². The molecular formula is C25H33N5O3. The summed E-state index contributed by atoms with van der Waals surface area (Å²) in [6.45, 7) is 5.77. The van der Waals surface area contributed by atoms with Gasteiger partial charge in [0.2, 0.25) is 11.8 Å². The smallest absolute Gasteiger partial charge is 0.255 e. The number of rotatable bonds is 4. The molecule has 4 saturated heterocycles. The molecule has 8 heteroatoms. The second-order valence-electron chi connectivity index (χ2n) is 10.4. The Morgan fingerprint density at radius 1 is 0.909 bits per heavy atom. The molecule has 0 radical (unpaired) electrons. The van der Waals surface area contributed by atoms with Crippen molar-refractivity contribution < 1.29 is 14.4 Å². The highest BCUT2D eigenvalue weighted by Crippen LogP contribution is 2.36. The maximum atomic E-state index is 13.1. The minimum atomic E-state index is -0.556. The van der Waals surface area contributed by atoms with E-state index >= 15 is 0 Å². The van der Waals surface area contributed by atoms with Gasteiger partial charge in [-0.05, 0) is 62.4 Å². The van der Waals surface area contributed by atoms with Crippen LogP contribution in [-0.4, -0.2) is 82.8 Å². The number of nitrogens with one attached hydrogen (secondary N) is 2. The van der Waals surface area contributed by atoms with Gasteiger partial charge in [-0.3, -0.25) is 29.5 Å². The van der Waals surface area contributed by atoms with E-state index in [4.69, 9.17) is 0 Å². The standard InChI is InChI=1S/C25H33N5O3/c31-23-7-6-22(24(32)27-23)29-15-21-16(2-1-3-20(21)25(29)33)12-28-13-18-4-5-19(14-28)30(18)17-8-10-26-11-9-17/h1-3,17-19,22,26H,4-15H2,(H,27,31,32). The number of hydrogen-bond donors (Lipinski definition) is 2. The number of piperidine rings is 2. The van der Waals surface area contributed by atoms with Crippen LogP contribution in [0.3, 0.4) is 0 Å². The number of imide groups is 1. The third kappa shape index (κ3) is 3.78. The van der Waals surface area contributed by atoms with Crippen molar-refractivity contribution in [1.82, 2.24) is 25.3 Å². The maximum Gasteiger partial charge on any atom is 0.255 e. The molecule has 8 nitrogen and oxygen atoms in total. The molecule has 176 valence electrons. The van der Waals surface area contributed by atoms with E-state index < -0.39 is 6.04 Å². The van der Waals surface area contributed by atoms with Crippen molar-refractivity contribution in [2.75, 3.05) is 26.2 Å². The largest absolute Gasteiger partial charge is 0.322 e. The van der Waals surface area contributed by atoms with Crippen LogP contribution in [0.15, 0.2) is 18.2 Å².